The summed E-state index contributed by atoms with van der Waals surface area (Å²) >= 11 is 0. The summed E-state index contributed by atoms with van der Waals surface area (Å²) in [5, 5.41) is 5.16. The highest BCUT2D eigenvalue weighted by Crippen LogP contribution is 2.22. The topological polar surface area (TPSA) is 103 Å². The molecule has 0 fully saturated rings. The number of carbonyl (C=O) groups excluding carboxylic acids is 2. The molecular weight excluding hydrogens is 281 g/mol. The summed E-state index contributed by atoms with van der Waals surface area (Å²) in [7, 11) is 2.71. The van der Waals surface area contributed by atoms with Crippen LogP contribution in [0.1, 0.15) is 10.4 Å². The smallest absolute Gasteiger partial charge is 0.340 e. The molecule has 0 atom stereocenters. The number of nitrogen functional groups attached to an aromatic ring is 1. The lowest BCUT2D eigenvalue weighted by Crippen LogP contribution is -2.32. The molecule has 0 aromatic heterocycles. The second-order valence-corrected chi connectivity index (χ2v) is 4.11. The Bertz CT molecular complexity index is 522. The highest BCUT2D eigenvalue weighted by atomic mass is 19.1. The van der Waals surface area contributed by atoms with Crippen LogP contribution in [0.5, 0.6) is 0 Å². The Morgan fingerprint density at radius 2 is 2.05 bits per heavy atom. The van der Waals surface area contributed by atoms with Crippen molar-refractivity contribution in [3.05, 3.63) is 23.5 Å². The number of rotatable bonds is 7. The van der Waals surface area contributed by atoms with E-state index in [1.807, 2.05) is 0 Å². The molecule has 0 saturated heterocycles. The molecule has 21 heavy (non-hydrogen) atoms. The number of esters is 1. The minimum atomic E-state index is -0.680. The molecule has 8 heteroatoms. The zero-order chi connectivity index (χ0) is 15.8. The molecule has 0 aliphatic rings. The van der Waals surface area contributed by atoms with Crippen molar-refractivity contribution < 1.29 is 23.5 Å². The van der Waals surface area contributed by atoms with Crippen LogP contribution in [0.15, 0.2) is 12.1 Å². The fraction of sp³-hybridized carbons (Fsp3) is 0.385. The minimum Gasteiger partial charge on any atom is -0.465 e. The van der Waals surface area contributed by atoms with Crippen molar-refractivity contribution in [3.63, 3.8) is 0 Å². The molecule has 0 unspecified atom stereocenters. The summed E-state index contributed by atoms with van der Waals surface area (Å²) in [5.41, 5.74) is 5.53. The lowest BCUT2D eigenvalue weighted by atomic mass is 10.1. The van der Waals surface area contributed by atoms with Crippen LogP contribution in [0, 0.1) is 5.82 Å². The normalized spacial score (nSPS) is 10.0. The first kappa shape index (κ1) is 16.7. The summed E-state index contributed by atoms with van der Waals surface area (Å²) in [5.74, 6) is -1.67. The Hall–Kier alpha value is -2.35. The van der Waals surface area contributed by atoms with E-state index in [0.717, 1.165) is 6.07 Å². The van der Waals surface area contributed by atoms with Gasteiger partial charge in [0.1, 0.15) is 5.82 Å². The number of hydrogen-bond donors (Lipinski definition) is 3. The highest BCUT2D eigenvalue weighted by molar-refractivity contribution is 5.96. The predicted molar refractivity (Wildman–Crippen MR) is 75.5 cm³/mol. The fourth-order valence-electron chi connectivity index (χ4n) is 1.54. The van der Waals surface area contributed by atoms with Gasteiger partial charge in [-0.05, 0) is 12.1 Å². The maximum absolute atomic E-state index is 13.7. The van der Waals surface area contributed by atoms with Gasteiger partial charge in [0.25, 0.3) is 0 Å². The van der Waals surface area contributed by atoms with Gasteiger partial charge in [-0.1, -0.05) is 0 Å². The highest BCUT2D eigenvalue weighted by Gasteiger charge is 2.15. The van der Waals surface area contributed by atoms with E-state index in [2.05, 4.69) is 15.4 Å². The van der Waals surface area contributed by atoms with Crippen molar-refractivity contribution in [2.24, 2.45) is 0 Å². The van der Waals surface area contributed by atoms with Crippen LogP contribution in [0.25, 0.3) is 0 Å². The van der Waals surface area contributed by atoms with Crippen molar-refractivity contribution >= 4 is 23.3 Å². The molecule has 1 aromatic rings. The van der Waals surface area contributed by atoms with Crippen LogP contribution in [0.2, 0.25) is 0 Å². The Morgan fingerprint density at radius 1 is 1.33 bits per heavy atom. The van der Waals surface area contributed by atoms with Gasteiger partial charge in [-0.2, -0.15) is 0 Å². The van der Waals surface area contributed by atoms with Gasteiger partial charge in [0.05, 0.1) is 31.5 Å². The molecule has 0 saturated carbocycles. The molecule has 0 aliphatic heterocycles. The van der Waals surface area contributed by atoms with E-state index >= 15 is 0 Å². The van der Waals surface area contributed by atoms with Gasteiger partial charge in [-0.25, -0.2) is 9.18 Å². The van der Waals surface area contributed by atoms with Crippen LogP contribution in [0.3, 0.4) is 0 Å². The Morgan fingerprint density at radius 3 is 2.67 bits per heavy atom. The Kier molecular flexibility index (Phi) is 6.41. The van der Waals surface area contributed by atoms with Gasteiger partial charge >= 0.3 is 5.97 Å². The van der Waals surface area contributed by atoms with Crippen molar-refractivity contribution in [2.75, 3.05) is 45.0 Å². The fourth-order valence-corrected chi connectivity index (χ4v) is 1.54. The summed E-state index contributed by atoms with van der Waals surface area (Å²) in [6.45, 7) is 0.592. The maximum atomic E-state index is 13.7. The van der Waals surface area contributed by atoms with Gasteiger partial charge in [0.15, 0.2) is 0 Å². The van der Waals surface area contributed by atoms with Crippen LogP contribution in [-0.4, -0.2) is 45.8 Å². The van der Waals surface area contributed by atoms with Gasteiger partial charge in [-0.15, -0.1) is 0 Å². The molecule has 0 radical (unpaired) electrons. The average Bonchev–Trinajstić information content (AvgIpc) is 2.46. The number of methoxy groups -OCH3 is 2. The van der Waals surface area contributed by atoms with Crippen molar-refractivity contribution in [2.45, 2.75) is 0 Å². The standard InChI is InChI=1S/C13H18FN3O4/c1-20-4-3-16-12(18)7-17-11-5-8(13(19)21-2)10(15)6-9(11)14/h5-6,17H,3-4,7,15H2,1-2H3,(H,16,18). The van der Waals surface area contributed by atoms with E-state index in [1.54, 1.807) is 0 Å². The van der Waals surface area contributed by atoms with Crippen LogP contribution in [0.4, 0.5) is 15.8 Å². The SMILES string of the molecule is COCCNC(=O)CNc1cc(C(=O)OC)c(N)cc1F. The zero-order valence-electron chi connectivity index (χ0n) is 11.9. The zero-order valence-corrected chi connectivity index (χ0v) is 11.9. The Labute approximate surface area is 121 Å². The molecule has 1 amide bonds. The van der Waals surface area contributed by atoms with E-state index in [4.69, 9.17) is 10.5 Å². The van der Waals surface area contributed by atoms with Crippen molar-refractivity contribution in [1.29, 1.82) is 0 Å². The molecule has 116 valence electrons. The quantitative estimate of drug-likeness (QED) is 0.382. The first-order valence-electron chi connectivity index (χ1n) is 6.16. The van der Waals surface area contributed by atoms with E-state index in [9.17, 15) is 14.0 Å². The third-order valence-corrected chi connectivity index (χ3v) is 2.61. The predicted octanol–water partition coefficient (Wildman–Crippen LogP) is 0.369. The van der Waals surface area contributed by atoms with E-state index < -0.39 is 11.8 Å². The number of ether oxygens (including phenoxy) is 2. The molecular formula is C13H18FN3O4. The molecule has 0 heterocycles. The molecule has 0 aliphatic carbocycles. The van der Waals surface area contributed by atoms with Crippen LogP contribution in [-0.2, 0) is 14.3 Å². The van der Waals surface area contributed by atoms with Crippen LogP contribution >= 0.6 is 0 Å². The number of benzene rings is 1. The summed E-state index contributed by atoms with van der Waals surface area (Å²) < 4.78 is 23.0. The molecule has 4 N–H and O–H groups in total. The largest absolute Gasteiger partial charge is 0.465 e. The average molecular weight is 299 g/mol. The van der Waals surface area contributed by atoms with Gasteiger partial charge in [-0.3, -0.25) is 4.79 Å². The number of nitrogens with two attached hydrogens (primary N) is 1. The van der Waals surface area contributed by atoms with Crippen molar-refractivity contribution in [3.8, 4) is 0 Å². The molecule has 1 rings (SSSR count). The number of carbonyl (C=O) groups is 2. The molecule has 0 spiro atoms. The Balaban J connectivity index is 2.70. The first-order valence-corrected chi connectivity index (χ1v) is 6.16. The number of anilines is 2. The molecule has 7 nitrogen and oxygen atoms in total. The second kappa shape index (κ2) is 8.05. The lowest BCUT2D eigenvalue weighted by Gasteiger charge is -2.11. The molecule has 0 bridgehead atoms. The number of nitrogens with one attached hydrogen (secondary N) is 2. The summed E-state index contributed by atoms with van der Waals surface area (Å²) in [4.78, 5) is 22.9. The van der Waals surface area contributed by atoms with Gasteiger partial charge < -0.3 is 25.8 Å². The van der Waals surface area contributed by atoms with E-state index in [0.29, 0.717) is 13.2 Å². The van der Waals surface area contributed by atoms with Gasteiger partial charge in [0.2, 0.25) is 5.91 Å². The monoisotopic (exact) mass is 299 g/mol. The number of halogens is 1. The lowest BCUT2D eigenvalue weighted by molar-refractivity contribution is -0.119. The molecule has 1 aromatic carbocycles. The number of hydrogen-bond acceptors (Lipinski definition) is 6. The first-order chi connectivity index (χ1) is 9.99. The summed E-state index contributed by atoms with van der Waals surface area (Å²) in [6, 6.07) is 2.20. The van der Waals surface area contributed by atoms with Crippen LogP contribution < -0.4 is 16.4 Å². The maximum Gasteiger partial charge on any atom is 0.340 e. The summed E-state index contributed by atoms with van der Waals surface area (Å²) in [6.07, 6.45) is 0. The third kappa shape index (κ3) is 4.92. The second-order valence-electron chi connectivity index (χ2n) is 4.11. The van der Waals surface area contributed by atoms with Crippen molar-refractivity contribution in [1.82, 2.24) is 5.32 Å². The van der Waals surface area contributed by atoms with E-state index in [-0.39, 0.29) is 29.4 Å². The van der Waals surface area contributed by atoms with Gasteiger partial charge in [0, 0.05) is 19.3 Å². The number of amides is 1. The minimum absolute atomic E-state index is 0.00788. The van der Waals surface area contributed by atoms with E-state index in [1.165, 1.54) is 20.3 Å². The third-order valence-electron chi connectivity index (χ3n) is 2.61.